The first-order valence-corrected chi connectivity index (χ1v) is 9.76. The number of anilines is 1. The number of hydrogen-bond acceptors (Lipinski definition) is 5. The fourth-order valence-electron chi connectivity index (χ4n) is 4.08. The van der Waals surface area contributed by atoms with Crippen LogP contribution in [0, 0.1) is 17.8 Å². The second-order valence-electron chi connectivity index (χ2n) is 7.39. The van der Waals surface area contributed by atoms with E-state index in [2.05, 4.69) is 5.32 Å². The van der Waals surface area contributed by atoms with Crippen molar-refractivity contribution in [3.05, 3.63) is 24.3 Å². The third-order valence-electron chi connectivity index (χ3n) is 5.49. The van der Waals surface area contributed by atoms with Crippen LogP contribution in [-0.2, 0) is 19.1 Å². The Labute approximate surface area is 159 Å². The predicted molar refractivity (Wildman–Crippen MR) is 100 cm³/mol. The van der Waals surface area contributed by atoms with E-state index in [4.69, 9.17) is 9.47 Å². The summed E-state index contributed by atoms with van der Waals surface area (Å²) in [5.74, 6) is -0.213. The number of rotatable bonds is 6. The quantitative estimate of drug-likeness (QED) is 0.774. The molecule has 2 saturated carbocycles. The molecule has 2 fully saturated rings. The lowest BCUT2D eigenvalue weighted by atomic mass is 9.67. The number of Topliss-reactive ketones (excluding diaryl/α,β-unsaturated/α-hetero) is 1. The number of para-hydroxylation sites is 2. The highest BCUT2D eigenvalue weighted by atomic mass is 16.5. The molecule has 1 amide bonds. The fraction of sp³-hybridized carbons (Fsp3) is 0.571. The molecular weight excluding hydrogens is 346 g/mol. The van der Waals surface area contributed by atoms with Gasteiger partial charge in [-0.05, 0) is 51.7 Å². The number of nitrogens with one attached hydrogen (secondary N) is 1. The minimum absolute atomic E-state index is 0.0164. The molecule has 0 spiro atoms. The molecule has 1 N–H and O–H groups in total. The maximum atomic E-state index is 12.5. The monoisotopic (exact) mass is 373 g/mol. The van der Waals surface area contributed by atoms with E-state index in [1.807, 2.05) is 13.0 Å². The van der Waals surface area contributed by atoms with E-state index in [-0.39, 0.29) is 23.7 Å². The Balaban J connectivity index is 1.57. The summed E-state index contributed by atoms with van der Waals surface area (Å²) in [6.45, 7) is 3.92. The van der Waals surface area contributed by atoms with E-state index in [1.165, 1.54) is 0 Å². The van der Waals surface area contributed by atoms with Crippen LogP contribution in [0.2, 0.25) is 0 Å². The lowest BCUT2D eigenvalue weighted by molar-refractivity contribution is -0.161. The summed E-state index contributed by atoms with van der Waals surface area (Å²) in [5.41, 5.74) is 0.546. The number of amides is 1. The van der Waals surface area contributed by atoms with Crippen LogP contribution in [0.1, 0.15) is 46.0 Å². The van der Waals surface area contributed by atoms with E-state index in [1.54, 1.807) is 25.1 Å². The molecule has 2 aliphatic rings. The highest BCUT2D eigenvalue weighted by Gasteiger charge is 2.42. The lowest BCUT2D eigenvalue weighted by Gasteiger charge is -2.36. The van der Waals surface area contributed by atoms with E-state index < -0.39 is 12.0 Å². The van der Waals surface area contributed by atoms with Crippen LogP contribution in [0.4, 0.5) is 5.69 Å². The summed E-state index contributed by atoms with van der Waals surface area (Å²) in [7, 11) is 0. The third kappa shape index (κ3) is 4.49. The first-order valence-electron chi connectivity index (χ1n) is 9.76. The van der Waals surface area contributed by atoms with Gasteiger partial charge in [0.1, 0.15) is 11.5 Å². The van der Waals surface area contributed by atoms with Crippen LogP contribution in [0.3, 0.4) is 0 Å². The van der Waals surface area contributed by atoms with Crippen molar-refractivity contribution < 1.29 is 23.9 Å². The molecule has 2 bridgehead atoms. The maximum Gasteiger partial charge on any atom is 0.309 e. The smallest absolute Gasteiger partial charge is 0.309 e. The summed E-state index contributed by atoms with van der Waals surface area (Å²) in [6, 6.07) is 7.14. The molecule has 1 aromatic rings. The molecular formula is C21H27NO5. The zero-order valence-electron chi connectivity index (χ0n) is 15.9. The van der Waals surface area contributed by atoms with Gasteiger partial charge in [0.25, 0.3) is 5.91 Å². The first-order chi connectivity index (χ1) is 13.0. The maximum absolute atomic E-state index is 12.5. The van der Waals surface area contributed by atoms with Gasteiger partial charge in [-0.15, -0.1) is 0 Å². The Morgan fingerprint density at radius 2 is 1.85 bits per heavy atom. The average molecular weight is 373 g/mol. The topological polar surface area (TPSA) is 81.7 Å². The van der Waals surface area contributed by atoms with Gasteiger partial charge in [-0.2, -0.15) is 0 Å². The number of benzene rings is 1. The van der Waals surface area contributed by atoms with E-state index in [0.29, 0.717) is 36.7 Å². The third-order valence-corrected chi connectivity index (χ3v) is 5.49. The molecule has 1 aromatic carbocycles. The summed E-state index contributed by atoms with van der Waals surface area (Å²) < 4.78 is 10.9. The van der Waals surface area contributed by atoms with Gasteiger partial charge in [-0.1, -0.05) is 18.6 Å². The number of carbonyl (C=O) groups excluding carboxylic acids is 3. The van der Waals surface area contributed by atoms with Gasteiger partial charge in [0.15, 0.2) is 6.10 Å². The van der Waals surface area contributed by atoms with Gasteiger partial charge in [0, 0.05) is 11.8 Å². The minimum Gasteiger partial charge on any atom is -0.492 e. The number of esters is 1. The van der Waals surface area contributed by atoms with Crippen LogP contribution in [-0.4, -0.2) is 30.4 Å². The van der Waals surface area contributed by atoms with Crippen molar-refractivity contribution in [2.24, 2.45) is 17.8 Å². The molecule has 0 heterocycles. The average Bonchev–Trinajstić information content (AvgIpc) is 2.63. The predicted octanol–water partition coefficient (Wildman–Crippen LogP) is 3.35. The van der Waals surface area contributed by atoms with Crippen molar-refractivity contribution in [2.45, 2.75) is 52.1 Å². The molecule has 1 unspecified atom stereocenters. The summed E-state index contributed by atoms with van der Waals surface area (Å²) in [5, 5.41) is 2.76. The number of ketones is 1. The zero-order valence-corrected chi connectivity index (χ0v) is 15.9. The molecule has 0 aliphatic heterocycles. The van der Waals surface area contributed by atoms with Crippen LogP contribution in [0.15, 0.2) is 24.3 Å². The second-order valence-corrected chi connectivity index (χ2v) is 7.39. The molecule has 6 nitrogen and oxygen atoms in total. The molecule has 146 valence electrons. The normalized spacial score (nSPS) is 25.4. The highest BCUT2D eigenvalue weighted by molar-refractivity contribution is 5.96. The summed E-state index contributed by atoms with van der Waals surface area (Å²) in [4.78, 5) is 37.1. The Morgan fingerprint density at radius 1 is 1.19 bits per heavy atom. The van der Waals surface area contributed by atoms with E-state index >= 15 is 0 Å². The van der Waals surface area contributed by atoms with Crippen molar-refractivity contribution >= 4 is 23.3 Å². The van der Waals surface area contributed by atoms with Crippen LogP contribution in [0.25, 0.3) is 0 Å². The minimum atomic E-state index is -0.912. The molecule has 0 saturated heterocycles. The van der Waals surface area contributed by atoms with Crippen molar-refractivity contribution in [1.29, 1.82) is 0 Å². The number of carbonyl (C=O) groups is 3. The van der Waals surface area contributed by atoms with Crippen LogP contribution < -0.4 is 10.1 Å². The van der Waals surface area contributed by atoms with Crippen molar-refractivity contribution in [3.8, 4) is 5.75 Å². The molecule has 2 aliphatic carbocycles. The van der Waals surface area contributed by atoms with Crippen molar-refractivity contribution in [1.82, 2.24) is 0 Å². The number of ether oxygens (including phenoxy) is 2. The van der Waals surface area contributed by atoms with Gasteiger partial charge in [0.05, 0.1) is 18.2 Å². The molecule has 6 heteroatoms. The Kier molecular flexibility index (Phi) is 6.14. The number of hydrogen-bond donors (Lipinski definition) is 1. The van der Waals surface area contributed by atoms with Crippen LogP contribution in [0.5, 0.6) is 5.75 Å². The molecule has 27 heavy (non-hydrogen) atoms. The zero-order chi connectivity index (χ0) is 19.4. The van der Waals surface area contributed by atoms with Gasteiger partial charge in [-0.3, -0.25) is 14.4 Å². The molecule has 4 atom stereocenters. The van der Waals surface area contributed by atoms with Crippen molar-refractivity contribution in [2.75, 3.05) is 11.9 Å². The van der Waals surface area contributed by atoms with Gasteiger partial charge >= 0.3 is 5.97 Å². The Morgan fingerprint density at radius 3 is 2.52 bits per heavy atom. The van der Waals surface area contributed by atoms with Crippen molar-refractivity contribution in [3.63, 3.8) is 0 Å². The Bertz CT molecular complexity index is 700. The standard InChI is InChI=1S/C21H27NO5/c1-3-26-18-10-5-4-9-17(18)22-20(24)13(2)27-21(25)16-11-14-7-6-8-15(12-16)19(14)23/h4-5,9-10,13-16H,3,6-8,11-12H2,1-2H3,(H,22,24)/t13-,14-,15+,16?/m1/s1. The lowest BCUT2D eigenvalue weighted by Crippen LogP contribution is -2.41. The highest BCUT2D eigenvalue weighted by Crippen LogP contribution is 2.40. The largest absolute Gasteiger partial charge is 0.492 e. The molecule has 0 radical (unpaired) electrons. The van der Waals surface area contributed by atoms with E-state index in [9.17, 15) is 14.4 Å². The van der Waals surface area contributed by atoms with E-state index in [0.717, 1.165) is 19.3 Å². The SMILES string of the molecule is CCOc1ccccc1NC(=O)[C@@H](C)OC(=O)C1C[C@H]2CCC[C@@H](C1)C2=O. The van der Waals surface area contributed by atoms with Gasteiger partial charge in [0.2, 0.25) is 0 Å². The molecule has 3 rings (SSSR count). The first kappa shape index (κ1) is 19.4. The van der Waals surface area contributed by atoms with Gasteiger partial charge in [-0.25, -0.2) is 0 Å². The Hall–Kier alpha value is -2.37. The summed E-state index contributed by atoms with van der Waals surface area (Å²) >= 11 is 0. The number of fused-ring (bicyclic) bond motifs is 2. The van der Waals surface area contributed by atoms with Gasteiger partial charge < -0.3 is 14.8 Å². The second kappa shape index (κ2) is 8.55. The fourth-order valence-corrected chi connectivity index (χ4v) is 4.08. The van der Waals surface area contributed by atoms with Crippen LogP contribution >= 0.6 is 0 Å². The summed E-state index contributed by atoms with van der Waals surface area (Å²) in [6.07, 6.45) is 2.98. The molecule has 0 aromatic heterocycles.